The van der Waals surface area contributed by atoms with Gasteiger partial charge in [-0.1, -0.05) is 6.07 Å². The number of aromatic nitrogens is 1. The molecule has 0 aromatic carbocycles. The van der Waals surface area contributed by atoms with Crippen molar-refractivity contribution in [2.45, 2.75) is 0 Å². The summed E-state index contributed by atoms with van der Waals surface area (Å²) in [4.78, 5) is 16.7. The first-order valence-corrected chi connectivity index (χ1v) is 8.15. The predicted molar refractivity (Wildman–Crippen MR) is 86.1 cm³/mol. The fraction of sp³-hybridized carbons (Fsp3) is 0. The molecule has 0 aliphatic carbocycles. The van der Waals surface area contributed by atoms with Crippen molar-refractivity contribution in [1.82, 2.24) is 4.98 Å². The van der Waals surface area contributed by atoms with E-state index in [0.717, 1.165) is 19.2 Å². The first kappa shape index (κ1) is 13.3. The average molecular weight is 363 g/mol. The maximum Gasteiger partial charge on any atom is 0.267 e. The molecule has 0 aliphatic rings. The number of nitrogens with one attached hydrogen (secondary N) is 1. The van der Waals surface area contributed by atoms with Crippen molar-refractivity contribution in [2.24, 2.45) is 0 Å². The van der Waals surface area contributed by atoms with Gasteiger partial charge in [-0.05, 0) is 45.6 Å². The van der Waals surface area contributed by atoms with Crippen LogP contribution >= 0.6 is 38.6 Å². The van der Waals surface area contributed by atoms with Gasteiger partial charge in [-0.15, -0.1) is 22.7 Å². The number of rotatable bonds is 2. The number of nitriles is 1. The zero-order valence-electron chi connectivity index (χ0n) is 10.0. The van der Waals surface area contributed by atoms with Crippen LogP contribution in [0.4, 0.5) is 0 Å². The molecule has 3 aromatic rings. The van der Waals surface area contributed by atoms with Crippen LogP contribution in [0, 0.1) is 11.3 Å². The summed E-state index contributed by atoms with van der Waals surface area (Å²) in [6.45, 7) is 0. The predicted octanol–water partition coefficient (Wildman–Crippen LogP) is 4.47. The summed E-state index contributed by atoms with van der Waals surface area (Å²) < 4.78 is 0.996. The first-order valence-electron chi connectivity index (χ1n) is 5.66. The zero-order valence-corrected chi connectivity index (χ0v) is 13.2. The minimum Gasteiger partial charge on any atom is -0.320 e. The summed E-state index contributed by atoms with van der Waals surface area (Å²) in [6.07, 6.45) is 0. The van der Waals surface area contributed by atoms with Crippen LogP contribution in [0.5, 0.6) is 0 Å². The van der Waals surface area contributed by atoms with E-state index in [0.29, 0.717) is 5.56 Å². The van der Waals surface area contributed by atoms with E-state index in [9.17, 15) is 10.1 Å². The third-order valence-corrected chi connectivity index (χ3v) is 5.33. The molecule has 0 saturated heterocycles. The third kappa shape index (κ3) is 2.36. The Kier molecular flexibility index (Phi) is 3.57. The summed E-state index contributed by atoms with van der Waals surface area (Å²) >= 11 is 6.46. The topological polar surface area (TPSA) is 56.6 Å². The Morgan fingerprint density at radius 2 is 2.10 bits per heavy atom. The Morgan fingerprint density at radius 3 is 2.70 bits per heavy atom. The molecule has 0 amide bonds. The van der Waals surface area contributed by atoms with Crippen LogP contribution in [-0.2, 0) is 0 Å². The van der Waals surface area contributed by atoms with E-state index in [1.807, 2.05) is 41.8 Å². The van der Waals surface area contributed by atoms with Gasteiger partial charge in [-0.25, -0.2) is 0 Å². The molecule has 3 aromatic heterocycles. The van der Waals surface area contributed by atoms with E-state index in [1.54, 1.807) is 0 Å². The van der Waals surface area contributed by atoms with E-state index in [1.165, 1.54) is 22.7 Å². The lowest BCUT2D eigenvalue weighted by molar-refractivity contribution is 1.23. The Morgan fingerprint density at radius 1 is 1.25 bits per heavy atom. The monoisotopic (exact) mass is 362 g/mol. The lowest BCUT2D eigenvalue weighted by atomic mass is 10.1. The van der Waals surface area contributed by atoms with Crippen LogP contribution in [0.1, 0.15) is 5.56 Å². The van der Waals surface area contributed by atoms with E-state index in [4.69, 9.17) is 0 Å². The number of H-pyrrole nitrogens is 1. The zero-order chi connectivity index (χ0) is 14.1. The lowest BCUT2D eigenvalue weighted by Gasteiger charge is -2.04. The molecule has 0 aliphatic heterocycles. The van der Waals surface area contributed by atoms with Crippen LogP contribution in [0.3, 0.4) is 0 Å². The number of hydrogen-bond acceptors (Lipinski definition) is 4. The van der Waals surface area contributed by atoms with Crippen molar-refractivity contribution in [3.63, 3.8) is 0 Å². The molecule has 0 radical (unpaired) electrons. The second-order valence-corrected chi connectivity index (χ2v) is 7.40. The van der Waals surface area contributed by atoms with Crippen molar-refractivity contribution in [3.8, 4) is 27.1 Å². The Balaban J connectivity index is 2.26. The van der Waals surface area contributed by atoms with Gasteiger partial charge in [-0.2, -0.15) is 5.26 Å². The summed E-state index contributed by atoms with van der Waals surface area (Å²) in [7, 11) is 0. The number of aromatic amines is 1. The largest absolute Gasteiger partial charge is 0.320 e. The van der Waals surface area contributed by atoms with Gasteiger partial charge < -0.3 is 4.98 Å². The van der Waals surface area contributed by atoms with Crippen LogP contribution in [-0.4, -0.2) is 4.98 Å². The SMILES string of the molecule is N#Cc1c(-c2cccs2)cc(-c2ccc(Br)s2)[nH]c1=O. The van der Waals surface area contributed by atoms with E-state index in [2.05, 4.69) is 20.9 Å². The Hall–Kier alpha value is -1.68. The average Bonchev–Trinajstić information content (AvgIpc) is 3.08. The van der Waals surface area contributed by atoms with Crippen LogP contribution in [0.15, 0.2) is 44.3 Å². The number of halogens is 1. The molecule has 3 heterocycles. The molecule has 0 saturated carbocycles. The molecule has 20 heavy (non-hydrogen) atoms. The van der Waals surface area contributed by atoms with E-state index in [-0.39, 0.29) is 11.1 Å². The first-order chi connectivity index (χ1) is 9.69. The highest BCUT2D eigenvalue weighted by Crippen LogP contribution is 2.33. The van der Waals surface area contributed by atoms with E-state index >= 15 is 0 Å². The smallest absolute Gasteiger partial charge is 0.267 e. The molecule has 0 unspecified atom stereocenters. The van der Waals surface area contributed by atoms with Gasteiger partial charge in [0.1, 0.15) is 11.6 Å². The molecule has 0 spiro atoms. The van der Waals surface area contributed by atoms with Crippen molar-refractivity contribution >= 4 is 38.6 Å². The molecule has 3 rings (SSSR count). The fourth-order valence-corrected chi connectivity index (χ4v) is 3.99. The standard InChI is InChI=1S/C14H7BrN2OS2/c15-13-4-3-12(20-13)10-6-8(11-2-1-5-19-11)9(7-16)14(18)17-10/h1-6H,(H,17,18). The minimum absolute atomic E-state index is 0.159. The molecule has 98 valence electrons. The molecular weight excluding hydrogens is 356 g/mol. The molecule has 0 fully saturated rings. The fourth-order valence-electron chi connectivity index (χ4n) is 1.89. The highest BCUT2D eigenvalue weighted by atomic mass is 79.9. The van der Waals surface area contributed by atoms with Crippen LogP contribution in [0.25, 0.3) is 21.0 Å². The van der Waals surface area contributed by atoms with Gasteiger partial charge in [0.2, 0.25) is 0 Å². The van der Waals surface area contributed by atoms with Crippen molar-refractivity contribution in [3.05, 3.63) is 55.4 Å². The maximum atomic E-state index is 12.1. The number of hydrogen-bond donors (Lipinski definition) is 1. The maximum absolute atomic E-state index is 12.1. The summed E-state index contributed by atoms with van der Waals surface area (Å²) in [5, 5.41) is 11.1. The van der Waals surface area contributed by atoms with Gasteiger partial charge in [0.25, 0.3) is 5.56 Å². The van der Waals surface area contributed by atoms with Gasteiger partial charge in [-0.3, -0.25) is 4.79 Å². The molecule has 0 bridgehead atoms. The van der Waals surface area contributed by atoms with E-state index < -0.39 is 0 Å². The molecule has 1 N–H and O–H groups in total. The number of thiophene rings is 2. The van der Waals surface area contributed by atoms with Gasteiger partial charge >= 0.3 is 0 Å². The number of nitrogens with zero attached hydrogens (tertiary/aromatic N) is 1. The Labute approximate surface area is 131 Å². The third-order valence-electron chi connectivity index (χ3n) is 2.77. The second kappa shape index (κ2) is 5.37. The molecule has 6 heteroatoms. The summed E-state index contributed by atoms with van der Waals surface area (Å²) in [6, 6.07) is 11.5. The highest BCUT2D eigenvalue weighted by molar-refractivity contribution is 9.11. The van der Waals surface area contributed by atoms with Gasteiger partial charge in [0, 0.05) is 10.4 Å². The quantitative estimate of drug-likeness (QED) is 0.731. The van der Waals surface area contributed by atoms with Crippen LogP contribution in [0.2, 0.25) is 0 Å². The van der Waals surface area contributed by atoms with Gasteiger partial charge in [0.15, 0.2) is 0 Å². The number of pyridine rings is 1. The van der Waals surface area contributed by atoms with Crippen molar-refractivity contribution < 1.29 is 0 Å². The van der Waals surface area contributed by atoms with Crippen LogP contribution < -0.4 is 5.56 Å². The summed E-state index contributed by atoms with van der Waals surface area (Å²) in [5.74, 6) is 0. The Bertz CT molecular complexity index is 856. The summed E-state index contributed by atoms with van der Waals surface area (Å²) in [5.41, 5.74) is 1.23. The van der Waals surface area contributed by atoms with Gasteiger partial charge in [0.05, 0.1) is 14.4 Å². The normalized spacial score (nSPS) is 10.4. The van der Waals surface area contributed by atoms with Crippen molar-refractivity contribution in [2.75, 3.05) is 0 Å². The molecule has 0 atom stereocenters. The van der Waals surface area contributed by atoms with Crippen molar-refractivity contribution in [1.29, 1.82) is 5.26 Å². The molecular formula is C14H7BrN2OS2. The second-order valence-electron chi connectivity index (χ2n) is 3.99. The molecule has 3 nitrogen and oxygen atoms in total. The lowest BCUT2D eigenvalue weighted by Crippen LogP contribution is -2.12. The highest BCUT2D eigenvalue weighted by Gasteiger charge is 2.13. The minimum atomic E-state index is -0.349.